The van der Waals surface area contributed by atoms with Crippen LogP contribution in [0.3, 0.4) is 0 Å². The Hall–Kier alpha value is -2.08. The molecule has 1 aliphatic heterocycles. The van der Waals surface area contributed by atoms with Crippen LogP contribution in [0.5, 0.6) is 0 Å². The predicted octanol–water partition coefficient (Wildman–Crippen LogP) is 2.91. The lowest BCUT2D eigenvalue weighted by molar-refractivity contribution is 0.237. The third-order valence-electron chi connectivity index (χ3n) is 5.39. The Labute approximate surface area is 146 Å². The molecule has 4 rings (SSSR count). The minimum absolute atomic E-state index is 0.0260. The van der Waals surface area contributed by atoms with Gasteiger partial charge in [0.2, 0.25) is 5.95 Å². The first-order valence-corrected chi connectivity index (χ1v) is 9.14. The number of rotatable bonds is 3. The maximum absolute atomic E-state index is 13.8. The summed E-state index contributed by atoms with van der Waals surface area (Å²) < 4.78 is 13.8. The number of halogens is 1. The molecule has 0 unspecified atom stereocenters. The first-order chi connectivity index (χ1) is 12.2. The molecule has 0 saturated heterocycles. The van der Waals surface area contributed by atoms with Gasteiger partial charge in [-0.3, -0.25) is 9.69 Å². The maximum atomic E-state index is 13.8. The van der Waals surface area contributed by atoms with Gasteiger partial charge in [-0.2, -0.15) is 4.39 Å². The fourth-order valence-electron chi connectivity index (χ4n) is 3.98. The summed E-state index contributed by atoms with van der Waals surface area (Å²) in [5, 5.41) is 0. The van der Waals surface area contributed by atoms with Crippen LogP contribution in [0.1, 0.15) is 60.7 Å². The van der Waals surface area contributed by atoms with Gasteiger partial charge in [0.05, 0.1) is 11.3 Å². The molecule has 6 heteroatoms. The van der Waals surface area contributed by atoms with Gasteiger partial charge in [0.15, 0.2) is 0 Å². The van der Waals surface area contributed by atoms with Gasteiger partial charge in [0.1, 0.15) is 5.82 Å². The molecule has 0 aromatic carbocycles. The highest BCUT2D eigenvalue weighted by Crippen LogP contribution is 2.30. The number of aromatic amines is 1. The maximum Gasteiger partial charge on any atom is 0.255 e. The monoisotopic (exact) mass is 342 g/mol. The first-order valence-electron chi connectivity index (χ1n) is 9.14. The molecule has 0 atom stereocenters. The normalized spacial score (nSPS) is 18.9. The Balaban J connectivity index is 1.53. The molecule has 0 bridgehead atoms. The van der Waals surface area contributed by atoms with Crippen molar-refractivity contribution in [2.24, 2.45) is 0 Å². The molecule has 0 radical (unpaired) electrons. The Morgan fingerprint density at radius 2 is 2.12 bits per heavy atom. The average molecular weight is 342 g/mol. The molecule has 25 heavy (non-hydrogen) atoms. The zero-order valence-electron chi connectivity index (χ0n) is 14.3. The molecule has 1 fully saturated rings. The van der Waals surface area contributed by atoms with Crippen LogP contribution >= 0.6 is 0 Å². The van der Waals surface area contributed by atoms with Crippen LogP contribution in [0.4, 0.5) is 4.39 Å². The number of fused-ring (bicyclic) bond motifs is 1. The molecular weight excluding hydrogens is 319 g/mol. The highest BCUT2D eigenvalue weighted by Gasteiger charge is 2.25. The highest BCUT2D eigenvalue weighted by atomic mass is 19.1. The van der Waals surface area contributed by atoms with Gasteiger partial charge in [-0.05, 0) is 18.9 Å². The van der Waals surface area contributed by atoms with Gasteiger partial charge in [-0.25, -0.2) is 9.97 Å². The summed E-state index contributed by atoms with van der Waals surface area (Å²) in [5.74, 6) is 0.831. The number of nitrogens with zero attached hydrogens (tertiary/aromatic N) is 3. The third-order valence-corrected chi connectivity index (χ3v) is 5.39. The van der Waals surface area contributed by atoms with E-state index in [0.29, 0.717) is 24.6 Å². The summed E-state index contributed by atoms with van der Waals surface area (Å²) in [6.45, 7) is 1.75. The van der Waals surface area contributed by atoms with Gasteiger partial charge in [0, 0.05) is 43.7 Å². The molecule has 2 aromatic heterocycles. The Kier molecular flexibility index (Phi) is 4.61. The number of aromatic nitrogens is 3. The third kappa shape index (κ3) is 3.49. The van der Waals surface area contributed by atoms with Crippen molar-refractivity contribution in [3.05, 3.63) is 57.3 Å². The molecule has 1 aliphatic carbocycles. The van der Waals surface area contributed by atoms with Gasteiger partial charge in [-0.1, -0.05) is 25.3 Å². The fraction of sp³-hybridized carbons (Fsp3) is 0.526. The summed E-state index contributed by atoms with van der Waals surface area (Å²) >= 11 is 0. The van der Waals surface area contributed by atoms with Crippen molar-refractivity contribution in [3.63, 3.8) is 0 Å². The van der Waals surface area contributed by atoms with Crippen molar-refractivity contribution >= 4 is 0 Å². The second kappa shape index (κ2) is 7.04. The van der Waals surface area contributed by atoms with E-state index < -0.39 is 5.95 Å². The Bertz CT molecular complexity index is 813. The molecule has 2 aliphatic rings. The van der Waals surface area contributed by atoms with Crippen LogP contribution < -0.4 is 5.56 Å². The van der Waals surface area contributed by atoms with Gasteiger partial charge < -0.3 is 4.98 Å². The van der Waals surface area contributed by atoms with E-state index in [1.54, 1.807) is 12.1 Å². The van der Waals surface area contributed by atoms with E-state index in [1.807, 2.05) is 0 Å². The number of hydrogen-bond acceptors (Lipinski definition) is 4. The van der Waals surface area contributed by atoms with E-state index in [2.05, 4.69) is 14.9 Å². The quantitative estimate of drug-likeness (QED) is 0.871. The van der Waals surface area contributed by atoms with Gasteiger partial charge in [0.25, 0.3) is 5.56 Å². The summed E-state index contributed by atoms with van der Waals surface area (Å²) in [5.41, 5.74) is 2.19. The summed E-state index contributed by atoms with van der Waals surface area (Å²) in [6.07, 6.45) is 8.15. The van der Waals surface area contributed by atoms with Crippen molar-refractivity contribution < 1.29 is 4.39 Å². The average Bonchev–Trinajstić information content (AvgIpc) is 2.65. The van der Waals surface area contributed by atoms with Crippen LogP contribution in [0.2, 0.25) is 0 Å². The van der Waals surface area contributed by atoms with E-state index in [4.69, 9.17) is 4.98 Å². The standard InChI is InChI=1S/C19H23FN4O/c20-17-14(7-4-9-21-17)11-24-10-8-16-15(12-24)19(25)23-18(22-16)13-5-2-1-3-6-13/h4,7,9,13H,1-3,5-6,8,10-12H2,(H,22,23,25). The van der Waals surface area contributed by atoms with Crippen LogP contribution in [0.15, 0.2) is 23.1 Å². The topological polar surface area (TPSA) is 61.9 Å². The molecule has 0 spiro atoms. The van der Waals surface area contributed by atoms with Crippen LogP contribution in [-0.4, -0.2) is 26.4 Å². The van der Waals surface area contributed by atoms with Crippen molar-refractivity contribution in [1.82, 2.24) is 19.9 Å². The zero-order valence-corrected chi connectivity index (χ0v) is 14.3. The number of nitrogens with one attached hydrogen (secondary N) is 1. The lowest BCUT2D eigenvalue weighted by Crippen LogP contribution is -2.36. The number of pyridine rings is 1. The zero-order chi connectivity index (χ0) is 17.2. The second-order valence-corrected chi connectivity index (χ2v) is 7.13. The van der Waals surface area contributed by atoms with Gasteiger partial charge >= 0.3 is 0 Å². The van der Waals surface area contributed by atoms with E-state index in [9.17, 15) is 9.18 Å². The molecule has 2 aromatic rings. The summed E-state index contributed by atoms with van der Waals surface area (Å²) in [6, 6.07) is 3.48. The summed E-state index contributed by atoms with van der Waals surface area (Å²) in [7, 11) is 0. The minimum atomic E-state index is -0.437. The highest BCUT2D eigenvalue weighted by molar-refractivity contribution is 5.22. The second-order valence-electron chi connectivity index (χ2n) is 7.13. The van der Waals surface area contributed by atoms with Gasteiger partial charge in [-0.15, -0.1) is 0 Å². The van der Waals surface area contributed by atoms with Crippen molar-refractivity contribution in [1.29, 1.82) is 0 Å². The lowest BCUT2D eigenvalue weighted by atomic mass is 9.88. The van der Waals surface area contributed by atoms with Crippen molar-refractivity contribution in [2.75, 3.05) is 6.54 Å². The van der Waals surface area contributed by atoms with Crippen LogP contribution in [0.25, 0.3) is 0 Å². The number of H-pyrrole nitrogens is 1. The predicted molar refractivity (Wildman–Crippen MR) is 92.7 cm³/mol. The SMILES string of the molecule is O=c1[nH]c(C2CCCCC2)nc2c1CN(Cc1cccnc1F)CC2. The Morgan fingerprint density at radius 1 is 1.28 bits per heavy atom. The fourth-order valence-corrected chi connectivity index (χ4v) is 3.98. The largest absolute Gasteiger partial charge is 0.310 e. The van der Waals surface area contributed by atoms with E-state index in [1.165, 1.54) is 25.5 Å². The smallest absolute Gasteiger partial charge is 0.255 e. The molecular formula is C19H23FN4O. The van der Waals surface area contributed by atoms with Crippen molar-refractivity contribution in [3.8, 4) is 0 Å². The lowest BCUT2D eigenvalue weighted by Gasteiger charge is -2.28. The molecule has 3 heterocycles. The molecule has 1 N–H and O–H groups in total. The summed E-state index contributed by atoms with van der Waals surface area (Å²) in [4.78, 5) is 26.2. The van der Waals surface area contributed by atoms with E-state index >= 15 is 0 Å². The number of hydrogen-bond donors (Lipinski definition) is 1. The van der Waals surface area contributed by atoms with Crippen LogP contribution in [-0.2, 0) is 19.5 Å². The van der Waals surface area contributed by atoms with Crippen LogP contribution in [0, 0.1) is 5.95 Å². The Morgan fingerprint density at radius 3 is 2.92 bits per heavy atom. The molecule has 0 amide bonds. The van der Waals surface area contributed by atoms with E-state index in [0.717, 1.165) is 42.9 Å². The first kappa shape index (κ1) is 16.4. The molecule has 132 valence electrons. The minimum Gasteiger partial charge on any atom is -0.310 e. The molecule has 1 saturated carbocycles. The van der Waals surface area contributed by atoms with E-state index in [-0.39, 0.29) is 5.56 Å². The van der Waals surface area contributed by atoms with Crippen molar-refractivity contribution in [2.45, 2.75) is 57.5 Å². The molecule has 5 nitrogen and oxygen atoms in total.